The molecule has 2 saturated heterocycles. The Kier molecular flexibility index (Phi) is 18.5. The van der Waals surface area contributed by atoms with Gasteiger partial charge in [-0.05, 0) is 77.2 Å². The molecular weight excluding hydrogens is 556 g/mol. The van der Waals surface area contributed by atoms with Gasteiger partial charge in [-0.15, -0.1) is 0 Å². The lowest BCUT2D eigenvalue weighted by molar-refractivity contribution is -0.139. The predicted octanol–water partition coefficient (Wildman–Crippen LogP) is 7.86. The minimum Gasteiger partial charge on any atom is -0.455 e. The second-order valence-electron chi connectivity index (χ2n) is 14.0. The standard InChI is InChI=1S/C37H66O7/c1-3-4-5-6-7-8-12-15-21-31(39)33-23-25-35(43-33)36-26-24-34(44-36)32(40)22-17-16-20-30(38)19-14-11-9-10-13-18-29-27-28(2)42-37(29)41/h27-28,30-36,38-40H,3-26H2,1-2H3/t28-,30+,31+,32+,33-,34+,35+,36+/m0/s1. The number of aliphatic hydroxyl groups excluding tert-OH is 3. The zero-order valence-electron chi connectivity index (χ0n) is 28.1. The van der Waals surface area contributed by atoms with Crippen molar-refractivity contribution >= 4 is 5.97 Å². The first-order chi connectivity index (χ1) is 21.4. The fraction of sp³-hybridized carbons (Fsp3) is 0.919. The molecule has 0 amide bonds. The first kappa shape index (κ1) is 37.5. The summed E-state index contributed by atoms with van der Waals surface area (Å²) in [7, 11) is 0. The molecule has 0 aromatic heterocycles. The van der Waals surface area contributed by atoms with Crippen LogP contribution in [0.2, 0.25) is 0 Å². The van der Waals surface area contributed by atoms with Crippen LogP contribution in [0.25, 0.3) is 0 Å². The number of aliphatic hydroxyl groups is 3. The minimum atomic E-state index is -0.466. The summed E-state index contributed by atoms with van der Waals surface area (Å²) in [6.07, 6.45) is 25.6. The Morgan fingerprint density at radius 2 is 1.11 bits per heavy atom. The van der Waals surface area contributed by atoms with Gasteiger partial charge in [0.25, 0.3) is 0 Å². The van der Waals surface area contributed by atoms with E-state index in [1.165, 1.54) is 44.9 Å². The second kappa shape index (κ2) is 21.7. The van der Waals surface area contributed by atoms with Crippen molar-refractivity contribution in [2.24, 2.45) is 0 Å². The Morgan fingerprint density at radius 1 is 0.659 bits per heavy atom. The highest BCUT2D eigenvalue weighted by Gasteiger charge is 2.40. The van der Waals surface area contributed by atoms with E-state index in [1.54, 1.807) is 0 Å². The molecule has 8 atom stereocenters. The van der Waals surface area contributed by atoms with Gasteiger partial charge >= 0.3 is 5.97 Å². The highest BCUT2D eigenvalue weighted by Crippen LogP contribution is 2.34. The third-order valence-corrected chi connectivity index (χ3v) is 10.1. The van der Waals surface area contributed by atoms with Gasteiger partial charge in [-0.3, -0.25) is 0 Å². The van der Waals surface area contributed by atoms with Crippen LogP contribution in [0, 0.1) is 0 Å². The van der Waals surface area contributed by atoms with Gasteiger partial charge < -0.3 is 29.5 Å². The van der Waals surface area contributed by atoms with E-state index in [2.05, 4.69) is 6.92 Å². The van der Waals surface area contributed by atoms with Crippen molar-refractivity contribution in [2.75, 3.05) is 0 Å². The number of ether oxygens (including phenoxy) is 3. The van der Waals surface area contributed by atoms with Crippen LogP contribution in [0.3, 0.4) is 0 Å². The van der Waals surface area contributed by atoms with Crippen LogP contribution in [-0.2, 0) is 19.0 Å². The minimum absolute atomic E-state index is 0.0248. The Morgan fingerprint density at radius 3 is 1.64 bits per heavy atom. The predicted molar refractivity (Wildman–Crippen MR) is 175 cm³/mol. The van der Waals surface area contributed by atoms with E-state index in [9.17, 15) is 20.1 Å². The van der Waals surface area contributed by atoms with Crippen LogP contribution < -0.4 is 0 Å². The number of cyclic esters (lactones) is 1. The van der Waals surface area contributed by atoms with Gasteiger partial charge in [0.05, 0.1) is 42.7 Å². The Hall–Kier alpha value is -0.990. The molecule has 2 fully saturated rings. The molecular formula is C37H66O7. The summed E-state index contributed by atoms with van der Waals surface area (Å²) < 4.78 is 17.7. The van der Waals surface area contributed by atoms with Gasteiger partial charge in [-0.1, -0.05) is 96.8 Å². The molecule has 0 unspecified atom stereocenters. The van der Waals surface area contributed by atoms with Crippen molar-refractivity contribution in [1.82, 2.24) is 0 Å². The second-order valence-corrected chi connectivity index (χ2v) is 14.0. The molecule has 0 bridgehead atoms. The molecule has 3 aliphatic rings. The number of hydrogen-bond acceptors (Lipinski definition) is 7. The molecule has 0 spiro atoms. The van der Waals surface area contributed by atoms with Crippen molar-refractivity contribution in [3.63, 3.8) is 0 Å². The average molecular weight is 623 g/mol. The molecule has 7 nitrogen and oxygen atoms in total. The lowest BCUT2D eigenvalue weighted by atomic mass is 9.99. The summed E-state index contributed by atoms with van der Waals surface area (Å²) in [5.74, 6) is -0.152. The molecule has 0 aliphatic carbocycles. The van der Waals surface area contributed by atoms with E-state index in [-0.39, 0.29) is 48.7 Å². The van der Waals surface area contributed by atoms with Crippen LogP contribution >= 0.6 is 0 Å². The first-order valence-corrected chi connectivity index (χ1v) is 18.6. The number of rotatable bonds is 25. The summed E-state index contributed by atoms with van der Waals surface area (Å²) >= 11 is 0. The highest BCUT2D eigenvalue weighted by molar-refractivity contribution is 5.90. The van der Waals surface area contributed by atoms with Crippen LogP contribution in [0.4, 0.5) is 0 Å². The molecule has 0 aromatic rings. The quantitative estimate of drug-likeness (QED) is 0.0703. The summed E-state index contributed by atoms with van der Waals surface area (Å²) in [6.45, 7) is 4.14. The first-order valence-electron chi connectivity index (χ1n) is 18.6. The maximum Gasteiger partial charge on any atom is 0.334 e. The van der Waals surface area contributed by atoms with Crippen molar-refractivity contribution < 1.29 is 34.3 Å². The number of carbonyl (C=O) groups excluding carboxylic acids is 1. The molecule has 3 heterocycles. The average Bonchev–Trinajstić information content (AvgIpc) is 3.76. The number of hydrogen-bond donors (Lipinski definition) is 3. The van der Waals surface area contributed by atoms with Gasteiger partial charge in [-0.25, -0.2) is 4.79 Å². The normalized spacial score (nSPS) is 27.4. The molecule has 0 aromatic carbocycles. The summed E-state index contributed by atoms with van der Waals surface area (Å²) in [5.41, 5.74) is 0.828. The third-order valence-electron chi connectivity index (χ3n) is 10.1. The fourth-order valence-electron chi connectivity index (χ4n) is 7.27. The molecule has 44 heavy (non-hydrogen) atoms. The van der Waals surface area contributed by atoms with Gasteiger partial charge in [-0.2, -0.15) is 0 Å². The molecule has 256 valence electrons. The van der Waals surface area contributed by atoms with Crippen molar-refractivity contribution in [1.29, 1.82) is 0 Å². The van der Waals surface area contributed by atoms with E-state index in [0.717, 1.165) is 108 Å². The van der Waals surface area contributed by atoms with E-state index < -0.39 is 6.10 Å². The lowest BCUT2D eigenvalue weighted by Gasteiger charge is -2.24. The summed E-state index contributed by atoms with van der Waals surface area (Å²) in [6, 6.07) is 0. The topological polar surface area (TPSA) is 105 Å². The molecule has 3 aliphatic heterocycles. The molecule has 3 N–H and O–H groups in total. The zero-order chi connectivity index (χ0) is 31.6. The maximum absolute atomic E-state index is 11.6. The van der Waals surface area contributed by atoms with Crippen LogP contribution in [0.1, 0.15) is 168 Å². The van der Waals surface area contributed by atoms with E-state index >= 15 is 0 Å². The lowest BCUT2D eigenvalue weighted by Crippen LogP contribution is -2.33. The largest absolute Gasteiger partial charge is 0.455 e. The highest BCUT2D eigenvalue weighted by atomic mass is 16.6. The maximum atomic E-state index is 11.6. The number of esters is 1. The Bertz CT molecular complexity index is 801. The van der Waals surface area contributed by atoms with E-state index in [0.29, 0.717) is 6.42 Å². The monoisotopic (exact) mass is 622 g/mol. The summed E-state index contributed by atoms with van der Waals surface area (Å²) in [5, 5.41) is 31.8. The zero-order valence-corrected chi connectivity index (χ0v) is 28.1. The molecule has 7 heteroatoms. The van der Waals surface area contributed by atoms with Gasteiger partial charge in [0.15, 0.2) is 0 Å². The van der Waals surface area contributed by atoms with Crippen molar-refractivity contribution in [3.8, 4) is 0 Å². The SMILES string of the molecule is CCCCCCCCCC[C@@H](O)[C@@H]1CC[C@H]([C@H]2CC[C@H]([C@H](O)CCCC[C@H](O)CCCCCCCC3=C[C@H](C)OC3=O)O2)O1. The van der Waals surface area contributed by atoms with Crippen LogP contribution in [0.15, 0.2) is 11.6 Å². The van der Waals surface area contributed by atoms with Crippen LogP contribution in [-0.4, -0.2) is 70.1 Å². The molecule has 3 rings (SSSR count). The van der Waals surface area contributed by atoms with Gasteiger partial charge in [0, 0.05) is 5.57 Å². The summed E-state index contributed by atoms with van der Waals surface area (Å²) in [4.78, 5) is 11.6. The van der Waals surface area contributed by atoms with Gasteiger partial charge in [0.1, 0.15) is 6.10 Å². The fourth-order valence-corrected chi connectivity index (χ4v) is 7.27. The van der Waals surface area contributed by atoms with Crippen molar-refractivity contribution in [3.05, 3.63) is 11.6 Å². The number of unbranched alkanes of at least 4 members (excludes halogenated alkanes) is 12. The van der Waals surface area contributed by atoms with Crippen LogP contribution in [0.5, 0.6) is 0 Å². The van der Waals surface area contributed by atoms with E-state index in [1.807, 2.05) is 13.0 Å². The Balaban J connectivity index is 1.14. The molecule has 0 saturated carbocycles. The Labute approximate surface area is 268 Å². The van der Waals surface area contributed by atoms with Gasteiger partial charge in [0.2, 0.25) is 0 Å². The van der Waals surface area contributed by atoms with Crippen molar-refractivity contribution in [2.45, 2.75) is 217 Å². The smallest absolute Gasteiger partial charge is 0.334 e. The van der Waals surface area contributed by atoms with E-state index in [4.69, 9.17) is 14.2 Å². The molecule has 0 radical (unpaired) electrons. The third kappa shape index (κ3) is 14.2. The number of carbonyl (C=O) groups is 1.